The number of allylic oxidation sites excluding steroid dienone is 1. The highest BCUT2D eigenvalue weighted by atomic mass is 16.6. The van der Waals surface area contributed by atoms with Crippen molar-refractivity contribution in [3.05, 3.63) is 48.6 Å². The monoisotopic (exact) mass is 622 g/mol. The minimum absolute atomic E-state index is 0.0482. The van der Waals surface area contributed by atoms with Crippen molar-refractivity contribution >= 4 is 35.1 Å². The van der Waals surface area contributed by atoms with Crippen molar-refractivity contribution < 1.29 is 33.8 Å². The Morgan fingerprint density at radius 3 is 2.49 bits per heavy atom. The van der Waals surface area contributed by atoms with Crippen molar-refractivity contribution in [2.75, 3.05) is 49.1 Å². The molecule has 1 aromatic carbocycles. The second-order valence-electron chi connectivity index (χ2n) is 12.2. The molecule has 4 aliphatic heterocycles. The SMILES string of the molecule is CCN(CC)c1ccc(N2C/C=C\CCC(=O)NC[C@H](C)OC(=O)[C@@H]3[C@H]4C(=O)N(CCCCCO)[C@H](C2=O)[C@]42C=C[C@H]3O2)cc1. The van der Waals surface area contributed by atoms with Gasteiger partial charge < -0.3 is 34.6 Å². The molecule has 0 aliphatic carbocycles. The van der Waals surface area contributed by atoms with Crippen LogP contribution in [0, 0.1) is 11.8 Å². The maximum absolute atomic E-state index is 14.8. The van der Waals surface area contributed by atoms with Crippen LogP contribution in [0.5, 0.6) is 0 Å². The zero-order valence-corrected chi connectivity index (χ0v) is 26.5. The van der Waals surface area contributed by atoms with Crippen molar-refractivity contribution in [1.29, 1.82) is 0 Å². The lowest BCUT2D eigenvalue weighted by Gasteiger charge is -2.36. The second kappa shape index (κ2) is 14.2. The predicted molar refractivity (Wildman–Crippen MR) is 169 cm³/mol. The first-order valence-electron chi connectivity index (χ1n) is 16.3. The molecule has 2 fully saturated rings. The van der Waals surface area contributed by atoms with E-state index in [2.05, 4.69) is 24.1 Å². The Labute approximate surface area is 265 Å². The van der Waals surface area contributed by atoms with E-state index in [1.807, 2.05) is 36.4 Å². The molecule has 0 radical (unpaired) electrons. The number of rotatable bonds is 9. The van der Waals surface area contributed by atoms with Crippen molar-refractivity contribution in [3.63, 3.8) is 0 Å². The van der Waals surface area contributed by atoms with E-state index < -0.39 is 41.7 Å². The number of carbonyl (C=O) groups is 4. The van der Waals surface area contributed by atoms with Gasteiger partial charge in [0.2, 0.25) is 11.8 Å². The van der Waals surface area contributed by atoms with Gasteiger partial charge in [-0.1, -0.05) is 24.3 Å². The van der Waals surface area contributed by atoms with Crippen molar-refractivity contribution in [1.82, 2.24) is 10.2 Å². The topological polar surface area (TPSA) is 129 Å². The third kappa shape index (κ3) is 6.37. The van der Waals surface area contributed by atoms with Crippen LogP contribution in [0.15, 0.2) is 48.6 Å². The fraction of sp³-hybridized carbons (Fsp3) is 0.588. The van der Waals surface area contributed by atoms with Crippen LogP contribution in [0.1, 0.15) is 52.9 Å². The van der Waals surface area contributed by atoms with E-state index in [1.54, 1.807) is 28.9 Å². The zero-order valence-electron chi connectivity index (χ0n) is 26.5. The molecule has 1 aromatic rings. The van der Waals surface area contributed by atoms with Gasteiger partial charge in [0.05, 0.1) is 18.6 Å². The second-order valence-corrected chi connectivity index (χ2v) is 12.2. The van der Waals surface area contributed by atoms with E-state index in [9.17, 15) is 24.3 Å². The first-order chi connectivity index (χ1) is 21.7. The minimum Gasteiger partial charge on any atom is -0.460 e. The summed E-state index contributed by atoms with van der Waals surface area (Å²) < 4.78 is 12.2. The molecule has 5 bridgehead atoms. The zero-order chi connectivity index (χ0) is 32.1. The lowest BCUT2D eigenvalue weighted by atomic mass is 9.74. The Balaban J connectivity index is 1.55. The Hall–Kier alpha value is -3.70. The number of aliphatic hydroxyl groups excluding tert-OH is 1. The summed E-state index contributed by atoms with van der Waals surface area (Å²) >= 11 is 0. The Morgan fingerprint density at radius 2 is 1.78 bits per heavy atom. The van der Waals surface area contributed by atoms with E-state index in [4.69, 9.17) is 9.47 Å². The fourth-order valence-corrected chi connectivity index (χ4v) is 7.11. The number of unbranched alkanes of at least 4 members (excludes halogenated alkanes) is 2. The van der Waals surface area contributed by atoms with Gasteiger partial charge in [0.15, 0.2) is 0 Å². The molecular weight excluding hydrogens is 576 g/mol. The Bertz CT molecular complexity index is 1310. The summed E-state index contributed by atoms with van der Waals surface area (Å²) in [6, 6.07) is 6.82. The number of ether oxygens (including phenoxy) is 2. The lowest BCUT2D eigenvalue weighted by Crippen LogP contribution is -2.56. The normalized spacial score (nSPS) is 30.8. The molecule has 2 N–H and O–H groups in total. The molecule has 0 aromatic heterocycles. The first kappa shape index (κ1) is 32.7. The maximum atomic E-state index is 14.8. The molecule has 4 aliphatic rings. The molecular formula is C34H46N4O7. The van der Waals surface area contributed by atoms with Crippen LogP contribution in [0.3, 0.4) is 0 Å². The minimum atomic E-state index is -1.31. The predicted octanol–water partition coefficient (Wildman–Crippen LogP) is 2.58. The number of aliphatic hydroxyl groups is 1. The van der Waals surface area contributed by atoms with Crippen LogP contribution in [-0.4, -0.2) is 96.9 Å². The van der Waals surface area contributed by atoms with Crippen LogP contribution in [-0.2, 0) is 28.7 Å². The van der Waals surface area contributed by atoms with Crippen LogP contribution >= 0.6 is 0 Å². The van der Waals surface area contributed by atoms with Gasteiger partial charge in [-0.3, -0.25) is 19.2 Å². The summed E-state index contributed by atoms with van der Waals surface area (Å²) in [6.07, 6.45) is 8.64. The number of carbonyl (C=O) groups excluding carboxylic acids is 4. The first-order valence-corrected chi connectivity index (χ1v) is 16.3. The van der Waals surface area contributed by atoms with E-state index in [0.29, 0.717) is 37.9 Å². The molecule has 11 heteroatoms. The number of nitrogens with zero attached hydrogens (tertiary/aromatic N) is 3. The molecule has 2 saturated heterocycles. The number of nitrogens with one attached hydrogen (secondary N) is 1. The average Bonchev–Trinajstić information content (AvgIpc) is 3.68. The van der Waals surface area contributed by atoms with E-state index in [0.717, 1.165) is 18.8 Å². The molecule has 3 amide bonds. The average molecular weight is 623 g/mol. The molecule has 6 atom stereocenters. The van der Waals surface area contributed by atoms with Crippen molar-refractivity contribution in [2.24, 2.45) is 11.8 Å². The highest BCUT2D eigenvalue weighted by Gasteiger charge is 2.73. The number of amides is 3. The number of hydrogen-bond donors (Lipinski definition) is 2. The van der Waals surface area contributed by atoms with Gasteiger partial charge in [0, 0.05) is 50.6 Å². The molecule has 45 heavy (non-hydrogen) atoms. The molecule has 0 unspecified atom stereocenters. The van der Waals surface area contributed by atoms with E-state index in [1.165, 1.54) is 0 Å². The van der Waals surface area contributed by atoms with Gasteiger partial charge in [-0.15, -0.1) is 0 Å². The third-order valence-corrected chi connectivity index (χ3v) is 9.39. The molecule has 4 heterocycles. The number of anilines is 2. The summed E-state index contributed by atoms with van der Waals surface area (Å²) in [5.41, 5.74) is 0.401. The highest BCUT2D eigenvalue weighted by Crippen LogP contribution is 2.55. The highest BCUT2D eigenvalue weighted by molar-refractivity contribution is 6.05. The summed E-state index contributed by atoms with van der Waals surface area (Å²) in [5.74, 6) is -3.16. The quantitative estimate of drug-likeness (QED) is 0.244. The fourth-order valence-electron chi connectivity index (χ4n) is 7.11. The molecule has 1 spiro atoms. The molecule has 11 nitrogen and oxygen atoms in total. The van der Waals surface area contributed by atoms with Crippen LogP contribution in [0.4, 0.5) is 11.4 Å². The Morgan fingerprint density at radius 1 is 1.02 bits per heavy atom. The van der Waals surface area contributed by atoms with Crippen LogP contribution in [0.25, 0.3) is 0 Å². The van der Waals surface area contributed by atoms with E-state index in [-0.39, 0.29) is 43.8 Å². The van der Waals surface area contributed by atoms with Crippen molar-refractivity contribution in [3.8, 4) is 0 Å². The standard InChI is InChI=1S/C34H46N4O7/c1-4-36(5-2)24-13-15-25(16-14-24)37-19-9-6-8-12-27(40)35-22-23(3)44-33(43)28-26-17-18-34(45-26)29(28)31(41)38(30(34)32(37)42)20-10-7-11-21-39/h6,9,13-18,23,26,28-30,39H,4-5,7-8,10-12,19-22H2,1-3H3,(H,35,40)/b9-6-/t23-,26+,28-,29-,30+,34-/m0/s1. The number of cyclic esters (lactones) is 1. The number of esters is 1. The van der Waals surface area contributed by atoms with Gasteiger partial charge in [0.1, 0.15) is 23.7 Å². The van der Waals surface area contributed by atoms with Crippen molar-refractivity contribution in [2.45, 2.75) is 76.7 Å². The smallest absolute Gasteiger partial charge is 0.313 e. The van der Waals surface area contributed by atoms with E-state index >= 15 is 0 Å². The van der Waals surface area contributed by atoms with Gasteiger partial charge in [-0.2, -0.15) is 0 Å². The van der Waals surface area contributed by atoms with Crippen LogP contribution < -0.4 is 15.1 Å². The van der Waals surface area contributed by atoms with Gasteiger partial charge >= 0.3 is 5.97 Å². The third-order valence-electron chi connectivity index (χ3n) is 9.39. The van der Waals surface area contributed by atoms with Gasteiger partial charge in [0.25, 0.3) is 5.91 Å². The van der Waals surface area contributed by atoms with Gasteiger partial charge in [-0.05, 0) is 70.7 Å². The lowest BCUT2D eigenvalue weighted by molar-refractivity contribution is -0.158. The molecule has 5 rings (SSSR count). The maximum Gasteiger partial charge on any atom is 0.313 e. The summed E-state index contributed by atoms with van der Waals surface area (Å²) in [4.78, 5) is 60.6. The number of benzene rings is 1. The number of likely N-dealkylation sites (tertiary alicyclic amines) is 1. The molecule has 0 saturated carbocycles. The number of hydrogen-bond acceptors (Lipinski definition) is 8. The largest absolute Gasteiger partial charge is 0.460 e. The molecule has 244 valence electrons. The summed E-state index contributed by atoms with van der Waals surface area (Å²) in [7, 11) is 0. The Kier molecular flexibility index (Phi) is 10.3. The summed E-state index contributed by atoms with van der Waals surface area (Å²) in [5, 5.41) is 12.1. The number of fused-ring (bicyclic) bond motifs is 2. The summed E-state index contributed by atoms with van der Waals surface area (Å²) in [6.45, 7) is 8.31. The van der Waals surface area contributed by atoms with Crippen LogP contribution in [0.2, 0.25) is 0 Å². The van der Waals surface area contributed by atoms with Gasteiger partial charge in [-0.25, -0.2) is 0 Å².